The minimum atomic E-state index is -2.64. The Labute approximate surface area is 82.1 Å². The van der Waals surface area contributed by atoms with Gasteiger partial charge in [0.2, 0.25) is 5.56 Å². The summed E-state index contributed by atoms with van der Waals surface area (Å²) in [6.45, 7) is 1.64. The molecule has 0 aliphatic carbocycles. The van der Waals surface area contributed by atoms with Crippen LogP contribution < -0.4 is 5.56 Å². The molecule has 1 heterocycles. The monoisotopic (exact) mass is 251 g/mol. The summed E-state index contributed by atoms with van der Waals surface area (Å²) in [5.74, 6) is 0. The first kappa shape index (κ1) is 10.4. The molecule has 13 heavy (non-hydrogen) atoms. The molecule has 0 fully saturated rings. The highest BCUT2D eigenvalue weighted by atomic mass is 79.9. The van der Waals surface area contributed by atoms with Crippen LogP contribution in [0.25, 0.3) is 0 Å². The van der Waals surface area contributed by atoms with Gasteiger partial charge in [0.25, 0.3) is 6.43 Å². The Hall–Kier alpha value is -0.710. The van der Waals surface area contributed by atoms with Crippen molar-refractivity contribution in [1.82, 2.24) is 4.98 Å². The Bertz CT molecular complexity index is 362. The molecular formula is C8H8BrF2NO. The summed E-state index contributed by atoms with van der Waals surface area (Å²) in [5, 5.41) is 0.315. The maximum atomic E-state index is 12.4. The van der Waals surface area contributed by atoms with Crippen LogP contribution in [0, 0.1) is 6.92 Å². The summed E-state index contributed by atoms with van der Waals surface area (Å²) in [6.07, 6.45) is -2.64. The first-order valence-corrected chi connectivity index (χ1v) is 4.75. The Morgan fingerprint density at radius 1 is 1.62 bits per heavy atom. The Morgan fingerprint density at radius 2 is 2.23 bits per heavy atom. The predicted molar refractivity (Wildman–Crippen MR) is 49.4 cm³/mol. The second-order valence-electron chi connectivity index (χ2n) is 2.64. The summed E-state index contributed by atoms with van der Waals surface area (Å²) in [7, 11) is 0. The van der Waals surface area contributed by atoms with Crippen molar-refractivity contribution in [3.8, 4) is 0 Å². The molecule has 2 nitrogen and oxygen atoms in total. The van der Waals surface area contributed by atoms with Crippen molar-refractivity contribution in [3.05, 3.63) is 33.2 Å². The van der Waals surface area contributed by atoms with E-state index in [9.17, 15) is 13.6 Å². The molecule has 0 atom stereocenters. The van der Waals surface area contributed by atoms with Gasteiger partial charge in [-0.05, 0) is 18.1 Å². The van der Waals surface area contributed by atoms with E-state index in [0.29, 0.717) is 16.5 Å². The number of pyridine rings is 1. The number of hydrogen-bond donors (Lipinski definition) is 1. The van der Waals surface area contributed by atoms with Gasteiger partial charge >= 0.3 is 0 Å². The molecule has 0 aliphatic heterocycles. The first-order valence-electron chi connectivity index (χ1n) is 3.63. The maximum Gasteiger partial charge on any atom is 0.278 e. The molecule has 0 saturated carbocycles. The summed E-state index contributed by atoms with van der Waals surface area (Å²) >= 11 is 3.10. The summed E-state index contributed by atoms with van der Waals surface area (Å²) in [4.78, 5) is 13.0. The van der Waals surface area contributed by atoms with Crippen molar-refractivity contribution in [1.29, 1.82) is 0 Å². The number of aromatic nitrogens is 1. The van der Waals surface area contributed by atoms with E-state index >= 15 is 0 Å². The normalized spacial score (nSPS) is 10.8. The first-order chi connectivity index (χ1) is 6.06. The van der Waals surface area contributed by atoms with Crippen LogP contribution in [0.5, 0.6) is 0 Å². The van der Waals surface area contributed by atoms with E-state index in [-0.39, 0.29) is 5.69 Å². The van der Waals surface area contributed by atoms with E-state index in [1.54, 1.807) is 6.92 Å². The fraction of sp³-hybridized carbons (Fsp3) is 0.375. The van der Waals surface area contributed by atoms with E-state index in [1.165, 1.54) is 6.07 Å². The van der Waals surface area contributed by atoms with Gasteiger partial charge in [-0.15, -0.1) is 0 Å². The molecule has 0 spiro atoms. The number of halogens is 3. The lowest BCUT2D eigenvalue weighted by Crippen LogP contribution is -2.12. The van der Waals surface area contributed by atoms with Crippen LogP contribution in [-0.2, 0) is 5.33 Å². The van der Waals surface area contributed by atoms with Crippen LogP contribution in [0.4, 0.5) is 8.78 Å². The highest BCUT2D eigenvalue weighted by molar-refractivity contribution is 9.08. The third-order valence-corrected chi connectivity index (χ3v) is 2.32. The topological polar surface area (TPSA) is 32.9 Å². The molecule has 0 amide bonds. The lowest BCUT2D eigenvalue weighted by Gasteiger charge is -2.08. The van der Waals surface area contributed by atoms with Gasteiger partial charge in [0, 0.05) is 11.4 Å². The van der Waals surface area contributed by atoms with Crippen molar-refractivity contribution in [2.75, 3.05) is 0 Å². The van der Waals surface area contributed by atoms with Crippen LogP contribution >= 0.6 is 15.9 Å². The van der Waals surface area contributed by atoms with Crippen molar-refractivity contribution < 1.29 is 8.78 Å². The standard InChI is InChI=1S/C8H8BrF2NO/c1-4-2-6(13)12-7(8(10)11)5(4)3-9/h2,8H,3H2,1H3,(H,12,13). The van der Waals surface area contributed by atoms with Gasteiger partial charge in [0.1, 0.15) is 0 Å². The molecular weight excluding hydrogens is 244 g/mol. The number of hydrogen-bond acceptors (Lipinski definition) is 1. The predicted octanol–water partition coefficient (Wildman–Crippen LogP) is 2.52. The second kappa shape index (κ2) is 4.00. The van der Waals surface area contributed by atoms with Crippen LogP contribution in [0.1, 0.15) is 23.2 Å². The zero-order chi connectivity index (χ0) is 10.0. The van der Waals surface area contributed by atoms with E-state index in [0.717, 1.165) is 0 Å². The zero-order valence-corrected chi connectivity index (χ0v) is 8.49. The third-order valence-electron chi connectivity index (χ3n) is 1.76. The average molecular weight is 252 g/mol. The Kier molecular flexibility index (Phi) is 3.19. The fourth-order valence-electron chi connectivity index (χ4n) is 1.10. The smallest absolute Gasteiger partial charge is 0.278 e. The van der Waals surface area contributed by atoms with E-state index in [1.807, 2.05) is 0 Å². The van der Waals surface area contributed by atoms with Crippen molar-refractivity contribution in [2.24, 2.45) is 0 Å². The lowest BCUT2D eigenvalue weighted by molar-refractivity contribution is 0.145. The average Bonchev–Trinajstić information content (AvgIpc) is 2.02. The molecule has 0 aromatic carbocycles. The SMILES string of the molecule is Cc1cc(=O)[nH]c(C(F)F)c1CBr. The molecule has 0 saturated heterocycles. The molecule has 72 valence electrons. The van der Waals surface area contributed by atoms with Gasteiger partial charge in [0.05, 0.1) is 5.69 Å². The molecule has 0 unspecified atom stereocenters. The largest absolute Gasteiger partial charge is 0.321 e. The van der Waals surface area contributed by atoms with Gasteiger partial charge in [-0.25, -0.2) is 8.78 Å². The van der Waals surface area contributed by atoms with Gasteiger partial charge in [0.15, 0.2) is 0 Å². The molecule has 0 bridgehead atoms. The number of H-pyrrole nitrogens is 1. The Balaban J connectivity index is 3.38. The number of nitrogens with one attached hydrogen (secondary N) is 1. The van der Waals surface area contributed by atoms with E-state index in [4.69, 9.17) is 0 Å². The molecule has 5 heteroatoms. The number of aromatic amines is 1. The third kappa shape index (κ3) is 2.15. The number of alkyl halides is 3. The summed E-state index contributed by atoms with van der Waals surface area (Å²) in [5.41, 5.74) is 0.255. The van der Waals surface area contributed by atoms with Crippen molar-refractivity contribution in [3.63, 3.8) is 0 Å². The van der Waals surface area contributed by atoms with Crippen LogP contribution in [0.3, 0.4) is 0 Å². The lowest BCUT2D eigenvalue weighted by atomic mass is 10.1. The molecule has 1 rings (SSSR count). The quantitative estimate of drug-likeness (QED) is 0.806. The Morgan fingerprint density at radius 3 is 2.69 bits per heavy atom. The minimum absolute atomic E-state index is 0.290. The molecule has 1 N–H and O–H groups in total. The minimum Gasteiger partial charge on any atom is -0.321 e. The van der Waals surface area contributed by atoms with Crippen LogP contribution in [0.2, 0.25) is 0 Å². The zero-order valence-electron chi connectivity index (χ0n) is 6.90. The molecule has 1 aromatic heterocycles. The van der Waals surface area contributed by atoms with Gasteiger partial charge in [-0.1, -0.05) is 15.9 Å². The molecule has 0 aliphatic rings. The van der Waals surface area contributed by atoms with Gasteiger partial charge in [-0.2, -0.15) is 0 Å². The highest BCUT2D eigenvalue weighted by Gasteiger charge is 2.15. The van der Waals surface area contributed by atoms with Crippen LogP contribution in [-0.4, -0.2) is 4.98 Å². The van der Waals surface area contributed by atoms with Crippen molar-refractivity contribution >= 4 is 15.9 Å². The highest BCUT2D eigenvalue weighted by Crippen LogP contribution is 2.23. The van der Waals surface area contributed by atoms with Gasteiger partial charge in [-0.3, -0.25) is 4.79 Å². The van der Waals surface area contributed by atoms with Crippen LogP contribution in [0.15, 0.2) is 10.9 Å². The summed E-state index contributed by atoms with van der Waals surface area (Å²) < 4.78 is 24.8. The molecule has 1 aromatic rings. The number of rotatable bonds is 2. The van der Waals surface area contributed by atoms with Crippen molar-refractivity contribution in [2.45, 2.75) is 18.7 Å². The van der Waals surface area contributed by atoms with Gasteiger partial charge < -0.3 is 4.98 Å². The maximum absolute atomic E-state index is 12.4. The number of aryl methyl sites for hydroxylation is 1. The van der Waals surface area contributed by atoms with E-state index in [2.05, 4.69) is 20.9 Å². The van der Waals surface area contributed by atoms with E-state index < -0.39 is 12.0 Å². The second-order valence-corrected chi connectivity index (χ2v) is 3.20. The fourth-order valence-corrected chi connectivity index (χ4v) is 1.85. The summed E-state index contributed by atoms with van der Waals surface area (Å²) in [6, 6.07) is 1.31. The molecule has 0 radical (unpaired) electrons.